The Labute approximate surface area is 96.3 Å². The molecule has 0 unspecified atom stereocenters. The van der Waals surface area contributed by atoms with Crippen LogP contribution in [0.25, 0.3) is 0 Å². The quantitative estimate of drug-likeness (QED) is 0.703. The van der Waals surface area contributed by atoms with Gasteiger partial charge in [-0.2, -0.15) is 0 Å². The number of hydrogen-bond acceptors (Lipinski definition) is 4. The maximum atomic E-state index is 9.08. The predicted molar refractivity (Wildman–Crippen MR) is 63.3 cm³/mol. The zero-order valence-corrected chi connectivity index (χ0v) is 9.69. The van der Waals surface area contributed by atoms with E-state index in [0.717, 1.165) is 31.4 Å². The third-order valence-corrected chi connectivity index (χ3v) is 2.93. The van der Waals surface area contributed by atoms with Gasteiger partial charge < -0.3 is 15.3 Å². The van der Waals surface area contributed by atoms with Gasteiger partial charge in [0.2, 0.25) is 0 Å². The van der Waals surface area contributed by atoms with Gasteiger partial charge in [-0.3, -0.25) is 4.98 Å². The fourth-order valence-electron chi connectivity index (χ4n) is 1.69. The second-order valence-corrected chi connectivity index (χ2v) is 4.40. The molecular formula is C12H19N3O. The van der Waals surface area contributed by atoms with Gasteiger partial charge in [0.1, 0.15) is 5.75 Å². The number of aromatic hydroxyl groups is 1. The molecule has 0 radical (unpaired) electrons. The van der Waals surface area contributed by atoms with E-state index in [1.165, 1.54) is 19.0 Å². The molecule has 1 heterocycles. The van der Waals surface area contributed by atoms with Crippen LogP contribution in [0.4, 0.5) is 0 Å². The molecule has 0 spiro atoms. The minimum absolute atomic E-state index is 0.220. The lowest BCUT2D eigenvalue weighted by Gasteiger charge is -2.15. The van der Waals surface area contributed by atoms with E-state index in [2.05, 4.69) is 22.2 Å². The lowest BCUT2D eigenvalue weighted by Crippen LogP contribution is -2.30. The molecule has 1 aliphatic rings. The van der Waals surface area contributed by atoms with Gasteiger partial charge in [0.15, 0.2) is 0 Å². The summed E-state index contributed by atoms with van der Waals surface area (Å²) in [6, 6.07) is 4.33. The van der Waals surface area contributed by atoms with Crippen LogP contribution < -0.4 is 5.32 Å². The van der Waals surface area contributed by atoms with Crippen molar-refractivity contribution in [1.82, 2.24) is 15.2 Å². The first kappa shape index (κ1) is 11.4. The SMILES string of the molecule is CN(CCNCc1ccc(O)cn1)C1CC1. The van der Waals surface area contributed by atoms with Crippen molar-refractivity contribution in [1.29, 1.82) is 0 Å². The zero-order valence-electron chi connectivity index (χ0n) is 9.69. The smallest absolute Gasteiger partial charge is 0.133 e. The molecule has 2 N–H and O–H groups in total. The number of rotatable bonds is 6. The normalized spacial score (nSPS) is 15.6. The van der Waals surface area contributed by atoms with Crippen molar-refractivity contribution in [2.45, 2.75) is 25.4 Å². The molecule has 1 aromatic heterocycles. The predicted octanol–water partition coefficient (Wildman–Crippen LogP) is 0.971. The molecular weight excluding hydrogens is 202 g/mol. The summed E-state index contributed by atoms with van der Waals surface area (Å²) in [5, 5.41) is 12.4. The highest BCUT2D eigenvalue weighted by Gasteiger charge is 2.25. The number of nitrogens with one attached hydrogen (secondary N) is 1. The average Bonchev–Trinajstić information content (AvgIpc) is 3.10. The average molecular weight is 221 g/mol. The van der Waals surface area contributed by atoms with Crippen LogP contribution in [-0.4, -0.2) is 41.2 Å². The number of pyridine rings is 1. The summed E-state index contributed by atoms with van der Waals surface area (Å²) >= 11 is 0. The number of aromatic nitrogens is 1. The molecule has 0 atom stereocenters. The van der Waals surface area contributed by atoms with Crippen molar-refractivity contribution in [3.63, 3.8) is 0 Å². The summed E-state index contributed by atoms with van der Waals surface area (Å²) in [4.78, 5) is 6.52. The maximum absolute atomic E-state index is 9.08. The van der Waals surface area contributed by atoms with Crippen LogP contribution in [0.5, 0.6) is 5.75 Å². The van der Waals surface area contributed by atoms with Crippen molar-refractivity contribution in [3.8, 4) is 5.75 Å². The lowest BCUT2D eigenvalue weighted by molar-refractivity contribution is 0.321. The first-order chi connectivity index (χ1) is 7.75. The summed E-state index contributed by atoms with van der Waals surface area (Å²) in [5.74, 6) is 0.220. The van der Waals surface area contributed by atoms with Crippen LogP contribution in [0.3, 0.4) is 0 Å². The zero-order chi connectivity index (χ0) is 11.4. The molecule has 1 saturated carbocycles. The molecule has 0 aromatic carbocycles. The molecule has 1 aromatic rings. The van der Waals surface area contributed by atoms with Crippen molar-refractivity contribution < 1.29 is 5.11 Å². The van der Waals surface area contributed by atoms with Crippen molar-refractivity contribution in [3.05, 3.63) is 24.0 Å². The Hall–Kier alpha value is -1.13. The Balaban J connectivity index is 1.62. The van der Waals surface area contributed by atoms with Gasteiger partial charge in [-0.15, -0.1) is 0 Å². The highest BCUT2D eigenvalue weighted by Crippen LogP contribution is 2.24. The topological polar surface area (TPSA) is 48.4 Å². The maximum Gasteiger partial charge on any atom is 0.133 e. The number of hydrogen-bond donors (Lipinski definition) is 2. The Bertz CT molecular complexity index is 322. The van der Waals surface area contributed by atoms with Crippen LogP contribution in [0.1, 0.15) is 18.5 Å². The third kappa shape index (κ3) is 3.47. The Kier molecular flexibility index (Phi) is 3.74. The van der Waals surface area contributed by atoms with Crippen molar-refractivity contribution >= 4 is 0 Å². The van der Waals surface area contributed by atoms with E-state index in [9.17, 15) is 0 Å². The standard InChI is InChI=1S/C12H19N3O/c1-15(11-3-4-11)7-6-13-8-10-2-5-12(16)9-14-10/h2,5,9,11,13,16H,3-4,6-8H2,1H3. The second-order valence-electron chi connectivity index (χ2n) is 4.40. The van der Waals surface area contributed by atoms with Gasteiger partial charge in [0.25, 0.3) is 0 Å². The molecule has 0 bridgehead atoms. The van der Waals surface area contributed by atoms with Crippen molar-refractivity contribution in [2.75, 3.05) is 20.1 Å². The molecule has 4 heteroatoms. The largest absolute Gasteiger partial charge is 0.506 e. The van der Waals surface area contributed by atoms with Crippen LogP contribution in [0, 0.1) is 0 Å². The van der Waals surface area contributed by atoms with Crippen LogP contribution in [0.2, 0.25) is 0 Å². The summed E-state index contributed by atoms with van der Waals surface area (Å²) in [5.41, 5.74) is 0.965. The van der Waals surface area contributed by atoms with E-state index < -0.39 is 0 Å². The van der Waals surface area contributed by atoms with Crippen LogP contribution >= 0.6 is 0 Å². The fraction of sp³-hybridized carbons (Fsp3) is 0.583. The number of likely N-dealkylation sites (N-methyl/N-ethyl adjacent to an activating group) is 1. The molecule has 16 heavy (non-hydrogen) atoms. The van der Waals surface area contributed by atoms with Crippen LogP contribution in [-0.2, 0) is 6.54 Å². The van der Waals surface area contributed by atoms with Gasteiger partial charge >= 0.3 is 0 Å². The van der Waals surface area contributed by atoms with Gasteiger partial charge in [0.05, 0.1) is 11.9 Å². The summed E-state index contributed by atoms with van der Waals surface area (Å²) in [6.07, 6.45) is 4.19. The molecule has 88 valence electrons. The van der Waals surface area contributed by atoms with E-state index in [1.807, 2.05) is 6.07 Å². The molecule has 4 nitrogen and oxygen atoms in total. The van der Waals surface area contributed by atoms with E-state index in [0.29, 0.717) is 0 Å². The first-order valence-electron chi connectivity index (χ1n) is 5.80. The fourth-order valence-corrected chi connectivity index (χ4v) is 1.69. The number of nitrogens with zero attached hydrogens (tertiary/aromatic N) is 2. The van der Waals surface area contributed by atoms with E-state index in [1.54, 1.807) is 6.07 Å². The molecule has 0 saturated heterocycles. The second kappa shape index (κ2) is 5.27. The lowest BCUT2D eigenvalue weighted by atomic mass is 10.3. The molecule has 1 fully saturated rings. The Morgan fingerprint density at radius 3 is 2.94 bits per heavy atom. The van der Waals surface area contributed by atoms with E-state index >= 15 is 0 Å². The summed E-state index contributed by atoms with van der Waals surface area (Å²) in [7, 11) is 2.18. The van der Waals surface area contributed by atoms with Gasteiger partial charge in [-0.05, 0) is 32.0 Å². The minimum atomic E-state index is 0.220. The summed E-state index contributed by atoms with van der Waals surface area (Å²) in [6.45, 7) is 2.83. The van der Waals surface area contributed by atoms with Gasteiger partial charge in [0, 0.05) is 25.7 Å². The van der Waals surface area contributed by atoms with Gasteiger partial charge in [-0.25, -0.2) is 0 Å². The Morgan fingerprint density at radius 1 is 1.50 bits per heavy atom. The van der Waals surface area contributed by atoms with E-state index in [-0.39, 0.29) is 5.75 Å². The molecule has 0 aliphatic heterocycles. The first-order valence-corrected chi connectivity index (χ1v) is 5.80. The molecule has 2 rings (SSSR count). The molecule has 1 aliphatic carbocycles. The van der Waals surface area contributed by atoms with Crippen LogP contribution in [0.15, 0.2) is 18.3 Å². The third-order valence-electron chi connectivity index (χ3n) is 2.93. The highest BCUT2D eigenvalue weighted by molar-refractivity contribution is 5.17. The Morgan fingerprint density at radius 2 is 2.31 bits per heavy atom. The molecule has 0 amide bonds. The highest BCUT2D eigenvalue weighted by atomic mass is 16.3. The minimum Gasteiger partial charge on any atom is -0.506 e. The van der Waals surface area contributed by atoms with Gasteiger partial charge in [-0.1, -0.05) is 0 Å². The van der Waals surface area contributed by atoms with E-state index in [4.69, 9.17) is 5.11 Å². The monoisotopic (exact) mass is 221 g/mol. The van der Waals surface area contributed by atoms with Crippen molar-refractivity contribution in [2.24, 2.45) is 0 Å². The summed E-state index contributed by atoms with van der Waals surface area (Å²) < 4.78 is 0.